The van der Waals surface area contributed by atoms with Crippen LogP contribution in [0.5, 0.6) is 0 Å². The van der Waals surface area contributed by atoms with Gasteiger partial charge in [0.2, 0.25) is 0 Å². The second-order valence-electron chi connectivity index (χ2n) is 2.23. The SMILES string of the molecule is C[C@H](O)[C@H](C)CCO. The molecule has 2 atom stereocenters. The van der Waals surface area contributed by atoms with Crippen molar-refractivity contribution in [3.63, 3.8) is 0 Å². The molecule has 0 heterocycles. The number of hydrogen-bond donors (Lipinski definition) is 2. The molecule has 0 amide bonds. The van der Waals surface area contributed by atoms with E-state index in [1.54, 1.807) is 6.92 Å². The van der Waals surface area contributed by atoms with Gasteiger partial charge >= 0.3 is 0 Å². The second kappa shape index (κ2) is 3.87. The van der Waals surface area contributed by atoms with Crippen LogP contribution in [0, 0.1) is 5.92 Å². The molecule has 2 N–H and O–H groups in total. The molecule has 0 aromatic heterocycles. The van der Waals surface area contributed by atoms with Crippen LogP contribution in [-0.4, -0.2) is 22.9 Å². The van der Waals surface area contributed by atoms with Crippen molar-refractivity contribution in [2.24, 2.45) is 5.92 Å². The van der Waals surface area contributed by atoms with Gasteiger partial charge in [0.05, 0.1) is 6.10 Å². The molecule has 0 unspecified atom stereocenters. The molecule has 2 heteroatoms. The average Bonchev–Trinajstić information content (AvgIpc) is 1.67. The van der Waals surface area contributed by atoms with Crippen LogP contribution in [0.2, 0.25) is 0 Å². The Balaban J connectivity index is 3.17. The predicted molar refractivity (Wildman–Crippen MR) is 32.5 cm³/mol. The fourth-order valence-corrected chi connectivity index (χ4v) is 0.445. The largest absolute Gasteiger partial charge is 0.396 e. The van der Waals surface area contributed by atoms with Gasteiger partial charge in [0.15, 0.2) is 0 Å². The van der Waals surface area contributed by atoms with E-state index < -0.39 is 0 Å². The molecule has 50 valence electrons. The monoisotopic (exact) mass is 118 g/mol. The minimum atomic E-state index is -0.290. The lowest BCUT2D eigenvalue weighted by Gasteiger charge is -2.11. The van der Waals surface area contributed by atoms with Crippen LogP contribution >= 0.6 is 0 Å². The van der Waals surface area contributed by atoms with E-state index in [2.05, 4.69) is 0 Å². The van der Waals surface area contributed by atoms with E-state index in [-0.39, 0.29) is 18.6 Å². The van der Waals surface area contributed by atoms with Crippen molar-refractivity contribution < 1.29 is 10.2 Å². The molecule has 0 aromatic carbocycles. The lowest BCUT2D eigenvalue weighted by molar-refractivity contribution is 0.115. The van der Waals surface area contributed by atoms with Gasteiger partial charge in [0.1, 0.15) is 0 Å². The quantitative estimate of drug-likeness (QED) is 0.562. The molecular weight excluding hydrogens is 104 g/mol. The maximum absolute atomic E-state index is 8.84. The smallest absolute Gasteiger partial charge is 0.0538 e. The second-order valence-corrected chi connectivity index (χ2v) is 2.23. The molecule has 2 nitrogen and oxygen atoms in total. The van der Waals surface area contributed by atoms with Crippen molar-refractivity contribution in [1.29, 1.82) is 0 Å². The first kappa shape index (κ1) is 7.92. The van der Waals surface area contributed by atoms with E-state index in [1.807, 2.05) is 6.92 Å². The van der Waals surface area contributed by atoms with Gasteiger partial charge in [-0.1, -0.05) is 6.92 Å². The summed E-state index contributed by atoms with van der Waals surface area (Å²) >= 11 is 0. The van der Waals surface area contributed by atoms with Gasteiger partial charge in [-0.3, -0.25) is 0 Å². The standard InChI is InChI=1S/C6H14O2/c1-5(3-4-7)6(2)8/h5-8H,3-4H2,1-2H3/t5-,6+/m1/s1. The highest BCUT2D eigenvalue weighted by molar-refractivity contribution is 4.56. The highest BCUT2D eigenvalue weighted by Crippen LogP contribution is 2.05. The van der Waals surface area contributed by atoms with E-state index in [4.69, 9.17) is 10.2 Å². The molecule has 0 aliphatic heterocycles. The highest BCUT2D eigenvalue weighted by atomic mass is 16.3. The third-order valence-corrected chi connectivity index (χ3v) is 1.41. The van der Waals surface area contributed by atoms with Crippen LogP contribution in [0.4, 0.5) is 0 Å². The fraction of sp³-hybridized carbons (Fsp3) is 1.00. The summed E-state index contributed by atoms with van der Waals surface area (Å²) in [6.07, 6.45) is 0.402. The molecule has 0 spiro atoms. The van der Waals surface area contributed by atoms with Crippen LogP contribution in [0.15, 0.2) is 0 Å². The Hall–Kier alpha value is -0.0800. The third-order valence-electron chi connectivity index (χ3n) is 1.41. The zero-order valence-corrected chi connectivity index (χ0v) is 5.46. The molecule has 0 rings (SSSR count). The number of hydrogen-bond acceptors (Lipinski definition) is 2. The van der Waals surface area contributed by atoms with Crippen molar-refractivity contribution in [3.8, 4) is 0 Å². The number of aliphatic hydroxyl groups excluding tert-OH is 2. The summed E-state index contributed by atoms with van der Waals surface area (Å²) in [5, 5.41) is 17.2. The van der Waals surface area contributed by atoms with Gasteiger partial charge < -0.3 is 10.2 Å². The van der Waals surface area contributed by atoms with E-state index in [0.717, 1.165) is 0 Å². The lowest BCUT2D eigenvalue weighted by atomic mass is 10.0. The number of aliphatic hydroxyl groups is 2. The molecule has 8 heavy (non-hydrogen) atoms. The first-order valence-corrected chi connectivity index (χ1v) is 2.97. The van der Waals surface area contributed by atoms with Crippen LogP contribution < -0.4 is 0 Å². The Kier molecular flexibility index (Phi) is 3.83. The topological polar surface area (TPSA) is 40.5 Å². The Bertz CT molecular complexity index is 52.5. The summed E-state index contributed by atoms with van der Waals surface area (Å²) in [5.74, 6) is 0.222. The maximum atomic E-state index is 8.84. The molecule has 0 bridgehead atoms. The highest BCUT2D eigenvalue weighted by Gasteiger charge is 2.05. The Morgan fingerprint density at radius 3 is 2.00 bits per heavy atom. The Labute approximate surface area is 50.2 Å². The van der Waals surface area contributed by atoms with Crippen molar-refractivity contribution in [1.82, 2.24) is 0 Å². The molecular formula is C6H14O2. The van der Waals surface area contributed by atoms with Gasteiger partial charge in [-0.25, -0.2) is 0 Å². The molecule has 0 saturated heterocycles. The summed E-state index contributed by atoms with van der Waals surface area (Å²) < 4.78 is 0. The summed E-state index contributed by atoms with van der Waals surface area (Å²) in [7, 11) is 0. The zero-order valence-electron chi connectivity index (χ0n) is 5.46. The van der Waals surface area contributed by atoms with Crippen molar-refractivity contribution >= 4 is 0 Å². The molecule has 0 radical (unpaired) electrons. The first-order chi connectivity index (χ1) is 3.68. The van der Waals surface area contributed by atoms with E-state index in [0.29, 0.717) is 6.42 Å². The molecule has 0 saturated carbocycles. The van der Waals surface area contributed by atoms with Gasteiger partial charge in [-0.2, -0.15) is 0 Å². The Morgan fingerprint density at radius 1 is 1.38 bits per heavy atom. The molecule has 0 fully saturated rings. The minimum absolute atomic E-state index is 0.173. The van der Waals surface area contributed by atoms with Gasteiger partial charge in [0, 0.05) is 6.61 Å². The van der Waals surface area contributed by atoms with Gasteiger partial charge in [-0.15, -0.1) is 0 Å². The van der Waals surface area contributed by atoms with E-state index >= 15 is 0 Å². The summed E-state index contributed by atoms with van der Waals surface area (Å²) in [6, 6.07) is 0. The van der Waals surface area contributed by atoms with Crippen LogP contribution in [0.25, 0.3) is 0 Å². The summed E-state index contributed by atoms with van der Waals surface area (Å²) in [5.41, 5.74) is 0. The van der Waals surface area contributed by atoms with E-state index in [9.17, 15) is 0 Å². The van der Waals surface area contributed by atoms with Gasteiger partial charge in [0.25, 0.3) is 0 Å². The summed E-state index contributed by atoms with van der Waals surface area (Å²) in [6.45, 7) is 3.83. The minimum Gasteiger partial charge on any atom is -0.396 e. The van der Waals surface area contributed by atoms with E-state index in [1.165, 1.54) is 0 Å². The van der Waals surface area contributed by atoms with Crippen LogP contribution in [0.3, 0.4) is 0 Å². The zero-order chi connectivity index (χ0) is 6.57. The normalized spacial score (nSPS) is 18.0. The molecule has 0 aliphatic carbocycles. The summed E-state index contributed by atoms with van der Waals surface area (Å²) in [4.78, 5) is 0. The third kappa shape index (κ3) is 2.99. The van der Waals surface area contributed by atoms with Crippen molar-refractivity contribution in [2.45, 2.75) is 26.4 Å². The molecule has 0 aromatic rings. The van der Waals surface area contributed by atoms with Crippen molar-refractivity contribution in [3.05, 3.63) is 0 Å². The lowest BCUT2D eigenvalue weighted by Crippen LogP contribution is -2.13. The van der Waals surface area contributed by atoms with Crippen LogP contribution in [-0.2, 0) is 0 Å². The average molecular weight is 118 g/mol. The van der Waals surface area contributed by atoms with Crippen molar-refractivity contribution in [2.75, 3.05) is 6.61 Å². The van der Waals surface area contributed by atoms with Gasteiger partial charge in [-0.05, 0) is 19.3 Å². The first-order valence-electron chi connectivity index (χ1n) is 2.97. The number of rotatable bonds is 3. The fourth-order valence-electron chi connectivity index (χ4n) is 0.445. The Morgan fingerprint density at radius 2 is 1.88 bits per heavy atom. The van der Waals surface area contributed by atoms with Crippen LogP contribution in [0.1, 0.15) is 20.3 Å². The predicted octanol–water partition coefficient (Wildman–Crippen LogP) is 0.386. The maximum Gasteiger partial charge on any atom is 0.0538 e. The molecule has 0 aliphatic rings.